The van der Waals surface area contributed by atoms with E-state index in [-0.39, 0.29) is 11.7 Å². The molecular formula is C13H10N2O4. The van der Waals surface area contributed by atoms with Gasteiger partial charge in [-0.25, -0.2) is 4.79 Å². The molecule has 0 saturated heterocycles. The number of rotatable bonds is 2. The van der Waals surface area contributed by atoms with Crippen LogP contribution in [0.25, 0.3) is 11.3 Å². The largest absolute Gasteiger partial charge is 0.475 e. The maximum Gasteiger partial charge on any atom is 0.374 e. The van der Waals surface area contributed by atoms with Gasteiger partial charge in [-0.1, -0.05) is 11.2 Å². The van der Waals surface area contributed by atoms with Crippen LogP contribution in [0.1, 0.15) is 16.1 Å². The highest BCUT2D eigenvalue weighted by Gasteiger charge is 2.24. The molecule has 6 heteroatoms. The molecule has 0 spiro atoms. The van der Waals surface area contributed by atoms with Crippen molar-refractivity contribution < 1.29 is 19.2 Å². The fraction of sp³-hybridized carbons (Fsp3) is 0.154. The van der Waals surface area contributed by atoms with Crippen molar-refractivity contribution >= 4 is 17.6 Å². The number of hydrogen-bond acceptors (Lipinski definition) is 4. The van der Waals surface area contributed by atoms with Gasteiger partial charge in [-0.3, -0.25) is 4.79 Å². The van der Waals surface area contributed by atoms with Crippen molar-refractivity contribution in [2.75, 3.05) is 11.9 Å². The summed E-state index contributed by atoms with van der Waals surface area (Å²) in [5, 5.41) is 12.5. The molecule has 0 aliphatic carbocycles. The van der Waals surface area contributed by atoms with Gasteiger partial charge in [0, 0.05) is 24.4 Å². The zero-order valence-electron chi connectivity index (χ0n) is 10.1. The van der Waals surface area contributed by atoms with Gasteiger partial charge in [0.2, 0.25) is 11.7 Å². The van der Waals surface area contributed by atoms with Gasteiger partial charge < -0.3 is 14.5 Å². The van der Waals surface area contributed by atoms with E-state index in [9.17, 15) is 9.59 Å². The summed E-state index contributed by atoms with van der Waals surface area (Å²) in [5.74, 6) is -1.32. The van der Waals surface area contributed by atoms with E-state index in [0.29, 0.717) is 12.1 Å². The number of carboxylic acid groups (broad SMARTS) is 1. The second kappa shape index (κ2) is 3.94. The highest BCUT2D eigenvalue weighted by atomic mass is 16.5. The Morgan fingerprint density at radius 1 is 1.42 bits per heavy atom. The van der Waals surface area contributed by atoms with Crippen LogP contribution in [0.3, 0.4) is 0 Å². The number of anilines is 1. The number of amides is 1. The van der Waals surface area contributed by atoms with E-state index in [0.717, 1.165) is 16.8 Å². The second-order valence-corrected chi connectivity index (χ2v) is 4.35. The molecule has 1 aliphatic heterocycles. The van der Waals surface area contributed by atoms with Gasteiger partial charge in [0.1, 0.15) is 5.69 Å². The summed E-state index contributed by atoms with van der Waals surface area (Å²) in [6, 6.07) is 6.81. The van der Waals surface area contributed by atoms with Crippen LogP contribution in [-0.4, -0.2) is 29.2 Å². The van der Waals surface area contributed by atoms with Crippen LogP contribution in [0.4, 0.5) is 5.69 Å². The molecule has 0 fully saturated rings. The third kappa shape index (κ3) is 1.77. The summed E-state index contributed by atoms with van der Waals surface area (Å²) in [5.41, 5.74) is 2.96. The van der Waals surface area contributed by atoms with Crippen molar-refractivity contribution in [2.24, 2.45) is 0 Å². The highest BCUT2D eigenvalue weighted by molar-refractivity contribution is 6.01. The third-order valence-corrected chi connectivity index (χ3v) is 3.17. The lowest BCUT2D eigenvalue weighted by atomic mass is 10.1. The van der Waals surface area contributed by atoms with Crippen molar-refractivity contribution in [3.8, 4) is 11.3 Å². The van der Waals surface area contributed by atoms with Gasteiger partial charge in [-0.05, 0) is 17.7 Å². The Morgan fingerprint density at radius 3 is 2.89 bits per heavy atom. The molecule has 6 nitrogen and oxygen atoms in total. The number of carbonyl (C=O) groups is 2. The van der Waals surface area contributed by atoms with Crippen LogP contribution < -0.4 is 4.90 Å². The van der Waals surface area contributed by atoms with Crippen molar-refractivity contribution in [2.45, 2.75) is 6.42 Å². The predicted molar refractivity (Wildman–Crippen MR) is 66.0 cm³/mol. The highest BCUT2D eigenvalue weighted by Crippen LogP contribution is 2.31. The zero-order valence-corrected chi connectivity index (χ0v) is 10.1. The van der Waals surface area contributed by atoms with Gasteiger partial charge in [0.15, 0.2) is 0 Å². The Hall–Kier alpha value is -2.63. The number of benzene rings is 1. The van der Waals surface area contributed by atoms with Gasteiger partial charge >= 0.3 is 5.97 Å². The first-order valence-corrected chi connectivity index (χ1v) is 5.66. The topological polar surface area (TPSA) is 83.6 Å². The Bertz CT molecular complexity index is 690. The summed E-state index contributed by atoms with van der Waals surface area (Å²) in [4.78, 5) is 23.9. The van der Waals surface area contributed by atoms with E-state index in [4.69, 9.17) is 9.63 Å². The zero-order chi connectivity index (χ0) is 13.6. The SMILES string of the molecule is CN1C(=O)Cc2cc(-c3cc(C(=O)O)on3)ccc21. The molecule has 2 aromatic rings. The minimum atomic E-state index is -1.16. The number of fused-ring (bicyclic) bond motifs is 1. The Kier molecular flexibility index (Phi) is 2.38. The molecule has 0 radical (unpaired) electrons. The lowest BCUT2D eigenvalue weighted by Crippen LogP contribution is -2.20. The van der Waals surface area contributed by atoms with E-state index in [2.05, 4.69) is 5.16 Å². The molecule has 1 N–H and O–H groups in total. The third-order valence-electron chi connectivity index (χ3n) is 3.17. The molecule has 19 heavy (non-hydrogen) atoms. The molecule has 1 aromatic heterocycles. The van der Waals surface area contributed by atoms with E-state index in [1.54, 1.807) is 18.0 Å². The minimum absolute atomic E-state index is 0.0403. The smallest absolute Gasteiger partial charge is 0.374 e. The van der Waals surface area contributed by atoms with Crippen molar-refractivity contribution in [3.05, 3.63) is 35.6 Å². The normalized spacial score (nSPS) is 13.7. The summed E-state index contributed by atoms with van der Waals surface area (Å²) >= 11 is 0. The molecule has 96 valence electrons. The minimum Gasteiger partial charge on any atom is -0.475 e. The van der Waals surface area contributed by atoms with Crippen LogP contribution in [0, 0.1) is 0 Å². The Morgan fingerprint density at radius 2 is 2.21 bits per heavy atom. The maximum atomic E-state index is 11.6. The lowest BCUT2D eigenvalue weighted by molar-refractivity contribution is -0.117. The number of nitrogens with zero attached hydrogens (tertiary/aromatic N) is 2. The van der Waals surface area contributed by atoms with Crippen molar-refractivity contribution in [1.29, 1.82) is 0 Å². The number of likely N-dealkylation sites (N-methyl/N-ethyl adjacent to an activating group) is 1. The fourth-order valence-electron chi connectivity index (χ4n) is 2.14. The van der Waals surface area contributed by atoms with E-state index in [1.807, 2.05) is 12.1 Å². The number of hydrogen-bond donors (Lipinski definition) is 1. The monoisotopic (exact) mass is 258 g/mol. The van der Waals surface area contributed by atoms with E-state index >= 15 is 0 Å². The summed E-state index contributed by atoms with van der Waals surface area (Å²) in [6.45, 7) is 0. The number of aromatic nitrogens is 1. The van der Waals surface area contributed by atoms with Crippen molar-refractivity contribution in [1.82, 2.24) is 5.16 Å². The van der Waals surface area contributed by atoms with Crippen LogP contribution in [0.2, 0.25) is 0 Å². The Balaban J connectivity index is 2.01. The molecular weight excluding hydrogens is 248 g/mol. The predicted octanol–water partition coefficient (Wildman–Crippen LogP) is 1.56. The first kappa shape index (κ1) is 11.5. The second-order valence-electron chi connectivity index (χ2n) is 4.35. The molecule has 1 aromatic carbocycles. The molecule has 2 heterocycles. The molecule has 1 amide bonds. The van der Waals surface area contributed by atoms with Crippen LogP contribution in [0.15, 0.2) is 28.8 Å². The van der Waals surface area contributed by atoms with Crippen LogP contribution in [-0.2, 0) is 11.2 Å². The lowest BCUT2D eigenvalue weighted by Gasteiger charge is -2.09. The molecule has 3 rings (SSSR count). The number of aromatic carboxylic acids is 1. The molecule has 0 unspecified atom stereocenters. The number of carboxylic acids is 1. The van der Waals surface area contributed by atoms with E-state index < -0.39 is 5.97 Å². The molecule has 0 bridgehead atoms. The fourth-order valence-corrected chi connectivity index (χ4v) is 2.14. The summed E-state index contributed by atoms with van der Waals surface area (Å²) in [7, 11) is 1.73. The quantitative estimate of drug-likeness (QED) is 0.883. The van der Waals surface area contributed by atoms with Crippen LogP contribution >= 0.6 is 0 Å². The van der Waals surface area contributed by atoms with Gasteiger partial charge in [0.05, 0.1) is 6.42 Å². The van der Waals surface area contributed by atoms with Gasteiger partial charge in [0.25, 0.3) is 0 Å². The molecule has 1 aliphatic rings. The first-order valence-electron chi connectivity index (χ1n) is 5.66. The maximum absolute atomic E-state index is 11.6. The average molecular weight is 258 g/mol. The molecule has 0 atom stereocenters. The van der Waals surface area contributed by atoms with Crippen molar-refractivity contribution in [3.63, 3.8) is 0 Å². The average Bonchev–Trinajstić information content (AvgIpc) is 2.96. The summed E-state index contributed by atoms with van der Waals surface area (Å²) < 4.78 is 4.72. The summed E-state index contributed by atoms with van der Waals surface area (Å²) in [6.07, 6.45) is 0.351. The van der Waals surface area contributed by atoms with Gasteiger partial charge in [-0.2, -0.15) is 0 Å². The van der Waals surface area contributed by atoms with Gasteiger partial charge in [-0.15, -0.1) is 0 Å². The van der Waals surface area contributed by atoms with E-state index in [1.165, 1.54) is 6.07 Å². The Labute approximate surface area is 108 Å². The molecule has 0 saturated carbocycles. The number of carbonyl (C=O) groups excluding carboxylic acids is 1. The first-order chi connectivity index (χ1) is 9.06. The standard InChI is InChI=1S/C13H10N2O4/c1-15-10-3-2-7(4-8(10)5-12(15)16)9-6-11(13(17)18)19-14-9/h2-4,6H,5H2,1H3,(H,17,18). The van der Waals surface area contributed by atoms with Crippen LogP contribution in [0.5, 0.6) is 0 Å².